The molecule has 2 aromatic rings. The van der Waals surface area contributed by atoms with Crippen LogP contribution in [-0.4, -0.2) is 39.7 Å². The number of amides is 1. The summed E-state index contributed by atoms with van der Waals surface area (Å²) in [7, 11) is 0. The molecule has 2 aromatic heterocycles. The number of aromatic nitrogens is 2. The average Bonchev–Trinajstić information content (AvgIpc) is 3.03. The highest BCUT2D eigenvalue weighted by Gasteiger charge is 2.36. The molecule has 3 rings (SSSR count). The number of nitrogens with zero attached hydrogens (tertiary/aromatic N) is 3. The van der Waals surface area contributed by atoms with Gasteiger partial charge in [-0.3, -0.25) is 4.79 Å². The predicted molar refractivity (Wildman–Crippen MR) is 77.7 cm³/mol. The number of nitrogens with two attached hydrogens (primary N) is 1. The van der Waals surface area contributed by atoms with Crippen LogP contribution in [0.4, 0.5) is 5.82 Å². The highest BCUT2D eigenvalue weighted by Crippen LogP contribution is 2.32. The summed E-state index contributed by atoms with van der Waals surface area (Å²) in [5.41, 5.74) is 5.45. The van der Waals surface area contributed by atoms with E-state index in [2.05, 4.69) is 9.97 Å². The molecular weight excluding hydrogens is 276 g/mol. The van der Waals surface area contributed by atoms with E-state index in [0.717, 1.165) is 22.5 Å². The van der Waals surface area contributed by atoms with Crippen LogP contribution in [0.3, 0.4) is 0 Å². The number of hydrogen-bond donors (Lipinski definition) is 2. The van der Waals surface area contributed by atoms with Crippen LogP contribution >= 0.6 is 11.3 Å². The third kappa shape index (κ3) is 2.12. The smallest absolute Gasteiger partial charge is 0.240 e. The molecule has 106 valence electrons. The summed E-state index contributed by atoms with van der Waals surface area (Å²) in [5.74, 6) is 1.01. The number of carbonyl (C=O) groups excluding carboxylic acids is 1. The second-order valence-electron chi connectivity index (χ2n) is 4.92. The minimum Gasteiger partial charge on any atom is -0.391 e. The van der Waals surface area contributed by atoms with Crippen LogP contribution in [0.1, 0.15) is 19.2 Å². The lowest BCUT2D eigenvalue weighted by molar-refractivity contribution is -0.119. The van der Waals surface area contributed by atoms with Crippen molar-refractivity contribution in [1.82, 2.24) is 9.97 Å². The largest absolute Gasteiger partial charge is 0.391 e. The number of aliphatic hydroxyl groups excluding tert-OH is 1. The first-order chi connectivity index (χ1) is 9.60. The molecule has 0 spiro atoms. The molecule has 0 aliphatic carbocycles. The van der Waals surface area contributed by atoms with E-state index in [1.54, 1.807) is 11.3 Å². The number of hydrogen-bond acceptors (Lipinski definition) is 6. The number of carbonyl (C=O) groups is 1. The molecular formula is C13H16N4O2S. The summed E-state index contributed by atoms with van der Waals surface area (Å²) >= 11 is 1.54. The lowest BCUT2D eigenvalue weighted by Crippen LogP contribution is -2.41. The number of fused-ring (bicyclic) bond motifs is 1. The number of primary amides is 1. The number of anilines is 1. The van der Waals surface area contributed by atoms with Gasteiger partial charge in [0.2, 0.25) is 5.91 Å². The molecule has 0 aromatic carbocycles. The van der Waals surface area contributed by atoms with Gasteiger partial charge in [-0.05, 0) is 11.4 Å². The first-order valence-corrected chi connectivity index (χ1v) is 7.46. The molecule has 7 heteroatoms. The van der Waals surface area contributed by atoms with Gasteiger partial charge < -0.3 is 15.7 Å². The second-order valence-corrected chi connectivity index (χ2v) is 5.81. The number of rotatable bonds is 3. The monoisotopic (exact) mass is 292 g/mol. The third-order valence-corrected chi connectivity index (χ3v) is 4.35. The molecule has 1 amide bonds. The number of β-amino-alcohol motifs (C(OH)–C–C–N with tert-alkyl or cyclic N) is 1. The Morgan fingerprint density at radius 3 is 3.10 bits per heavy atom. The van der Waals surface area contributed by atoms with E-state index in [1.807, 2.05) is 23.3 Å². The fourth-order valence-electron chi connectivity index (χ4n) is 2.58. The van der Waals surface area contributed by atoms with Gasteiger partial charge in [0.15, 0.2) is 0 Å². The molecule has 3 heterocycles. The zero-order valence-electron chi connectivity index (χ0n) is 11.1. The molecule has 1 aliphatic rings. The fraction of sp³-hybridized carbons (Fsp3) is 0.462. The van der Waals surface area contributed by atoms with Crippen molar-refractivity contribution in [3.63, 3.8) is 0 Å². The molecule has 1 fully saturated rings. The maximum atomic E-state index is 11.6. The van der Waals surface area contributed by atoms with Gasteiger partial charge in [0.05, 0.1) is 11.5 Å². The van der Waals surface area contributed by atoms with Crippen molar-refractivity contribution in [3.05, 3.63) is 17.3 Å². The summed E-state index contributed by atoms with van der Waals surface area (Å²) < 4.78 is 0. The van der Waals surface area contributed by atoms with Crippen molar-refractivity contribution >= 4 is 33.3 Å². The quantitative estimate of drug-likeness (QED) is 0.868. The van der Waals surface area contributed by atoms with Crippen LogP contribution in [0, 0.1) is 0 Å². The van der Waals surface area contributed by atoms with E-state index in [0.29, 0.717) is 18.8 Å². The third-order valence-electron chi connectivity index (χ3n) is 3.55. The van der Waals surface area contributed by atoms with Crippen molar-refractivity contribution in [3.8, 4) is 0 Å². The molecule has 0 bridgehead atoms. The molecule has 3 N–H and O–H groups in total. The summed E-state index contributed by atoms with van der Waals surface area (Å²) in [6, 6.07) is 1.44. The van der Waals surface area contributed by atoms with Crippen molar-refractivity contribution in [1.29, 1.82) is 0 Å². The Hall–Kier alpha value is -1.73. The normalized spacial score (nSPS) is 22.6. The van der Waals surface area contributed by atoms with Gasteiger partial charge in [0.1, 0.15) is 22.5 Å². The number of thiophene rings is 1. The summed E-state index contributed by atoms with van der Waals surface area (Å²) in [6.45, 7) is 2.36. The van der Waals surface area contributed by atoms with Crippen LogP contribution in [0.25, 0.3) is 10.2 Å². The Balaban J connectivity index is 2.12. The van der Waals surface area contributed by atoms with E-state index in [9.17, 15) is 9.90 Å². The highest BCUT2D eigenvalue weighted by molar-refractivity contribution is 7.16. The topological polar surface area (TPSA) is 92.3 Å². The van der Waals surface area contributed by atoms with Gasteiger partial charge in [-0.1, -0.05) is 6.92 Å². The number of aryl methyl sites for hydroxylation is 1. The Labute approximate surface area is 120 Å². The molecule has 0 unspecified atom stereocenters. The van der Waals surface area contributed by atoms with Crippen LogP contribution in [-0.2, 0) is 11.2 Å². The maximum absolute atomic E-state index is 11.6. The van der Waals surface area contributed by atoms with Crippen LogP contribution in [0.2, 0.25) is 0 Å². The van der Waals surface area contributed by atoms with E-state index >= 15 is 0 Å². The van der Waals surface area contributed by atoms with Crippen LogP contribution in [0.5, 0.6) is 0 Å². The Kier molecular flexibility index (Phi) is 3.31. The lowest BCUT2D eigenvalue weighted by Gasteiger charge is -2.24. The van der Waals surface area contributed by atoms with Gasteiger partial charge in [-0.15, -0.1) is 11.3 Å². The molecule has 6 nitrogen and oxygen atoms in total. The zero-order chi connectivity index (χ0) is 14.3. The minimum atomic E-state index is -0.554. The molecule has 2 atom stereocenters. The van der Waals surface area contributed by atoms with Gasteiger partial charge >= 0.3 is 0 Å². The summed E-state index contributed by atoms with van der Waals surface area (Å²) in [6.07, 6.45) is 0.520. The SMILES string of the molecule is CCc1nc(N2C[C@H](O)C[C@H]2C(N)=O)c2ccsc2n1. The molecule has 1 saturated heterocycles. The minimum absolute atomic E-state index is 0.354. The van der Waals surface area contributed by atoms with E-state index < -0.39 is 18.1 Å². The van der Waals surface area contributed by atoms with Crippen molar-refractivity contribution in [2.45, 2.75) is 31.9 Å². The first kappa shape index (κ1) is 13.3. The summed E-state index contributed by atoms with van der Waals surface area (Å²) in [5, 5.41) is 12.7. The lowest BCUT2D eigenvalue weighted by atomic mass is 10.2. The maximum Gasteiger partial charge on any atom is 0.240 e. The van der Waals surface area contributed by atoms with Crippen LogP contribution < -0.4 is 10.6 Å². The number of aliphatic hydroxyl groups is 1. The van der Waals surface area contributed by atoms with Gasteiger partial charge in [-0.25, -0.2) is 9.97 Å². The molecule has 0 radical (unpaired) electrons. The Bertz CT molecular complexity index is 657. The van der Waals surface area contributed by atoms with Gasteiger partial charge in [0, 0.05) is 19.4 Å². The standard InChI is InChI=1S/C13H16N4O2S/c1-2-10-15-12(8-3-4-20-13(8)16-10)17-6-7(18)5-9(17)11(14)19/h3-4,7,9,18H,2,5-6H2,1H3,(H2,14,19)/t7-,9+/m1/s1. The van der Waals surface area contributed by atoms with Gasteiger partial charge in [-0.2, -0.15) is 0 Å². The predicted octanol–water partition coefficient (Wildman–Crippen LogP) is 0.679. The van der Waals surface area contributed by atoms with E-state index in [-0.39, 0.29) is 0 Å². The van der Waals surface area contributed by atoms with Crippen molar-refractivity contribution < 1.29 is 9.90 Å². The van der Waals surface area contributed by atoms with Crippen LogP contribution in [0.15, 0.2) is 11.4 Å². The molecule has 1 aliphatic heterocycles. The molecule has 20 heavy (non-hydrogen) atoms. The highest BCUT2D eigenvalue weighted by atomic mass is 32.1. The first-order valence-electron chi connectivity index (χ1n) is 6.58. The van der Waals surface area contributed by atoms with Crippen molar-refractivity contribution in [2.75, 3.05) is 11.4 Å². The molecule has 0 saturated carbocycles. The second kappa shape index (κ2) is 4.99. The fourth-order valence-corrected chi connectivity index (χ4v) is 3.35. The average molecular weight is 292 g/mol. The van der Waals surface area contributed by atoms with Crippen molar-refractivity contribution in [2.24, 2.45) is 5.73 Å². The Morgan fingerprint density at radius 2 is 2.40 bits per heavy atom. The van der Waals surface area contributed by atoms with E-state index in [4.69, 9.17) is 5.73 Å². The Morgan fingerprint density at radius 1 is 1.60 bits per heavy atom. The summed E-state index contributed by atoms with van der Waals surface area (Å²) in [4.78, 5) is 23.3. The van der Waals surface area contributed by atoms with E-state index in [1.165, 1.54) is 0 Å². The van der Waals surface area contributed by atoms with Gasteiger partial charge in [0.25, 0.3) is 0 Å². The zero-order valence-corrected chi connectivity index (χ0v) is 11.9.